The van der Waals surface area contributed by atoms with E-state index in [0.717, 1.165) is 31.2 Å². The first-order valence-corrected chi connectivity index (χ1v) is 8.77. The Morgan fingerprint density at radius 1 is 1.20 bits per heavy atom. The Hall–Kier alpha value is -2.47. The van der Waals surface area contributed by atoms with Crippen molar-refractivity contribution < 1.29 is 9.90 Å². The minimum atomic E-state index is -0.598. The molecule has 25 heavy (non-hydrogen) atoms. The fraction of sp³-hybridized carbons (Fsp3) is 0.421. The highest BCUT2D eigenvalue weighted by molar-refractivity contribution is 5.96. The predicted octanol–water partition coefficient (Wildman–Crippen LogP) is 2.57. The van der Waals surface area contributed by atoms with Gasteiger partial charge in [0.1, 0.15) is 0 Å². The minimum absolute atomic E-state index is 0.0355. The largest absolute Gasteiger partial charge is 0.388 e. The molecule has 0 unspecified atom stereocenters. The van der Waals surface area contributed by atoms with Crippen LogP contribution < -0.4 is 5.73 Å². The van der Waals surface area contributed by atoms with Crippen LogP contribution in [0.4, 0.5) is 5.82 Å². The summed E-state index contributed by atoms with van der Waals surface area (Å²) < 4.78 is 0. The van der Waals surface area contributed by atoms with Gasteiger partial charge < -0.3 is 15.7 Å². The number of nitrogens with zero attached hydrogens (tertiary/aromatic N) is 3. The van der Waals surface area contributed by atoms with Crippen LogP contribution in [0.15, 0.2) is 42.7 Å². The number of benzene rings is 1. The molecule has 1 fully saturated rings. The van der Waals surface area contributed by atoms with E-state index in [4.69, 9.17) is 5.73 Å². The molecule has 6 heteroatoms. The number of carbonyl (C=O) groups excluding carboxylic acids is 1. The fourth-order valence-electron chi connectivity index (χ4n) is 3.41. The molecule has 6 nitrogen and oxygen atoms in total. The SMILES string of the molecule is Nc1nccnc1C(=O)N1CCCCC[C@H]1C[C@H](O)c1ccccc1. The second kappa shape index (κ2) is 8.07. The molecule has 1 amide bonds. The summed E-state index contributed by atoms with van der Waals surface area (Å²) in [4.78, 5) is 22.9. The molecule has 0 spiro atoms. The number of hydrogen-bond acceptors (Lipinski definition) is 5. The molecule has 1 aliphatic heterocycles. The quantitative estimate of drug-likeness (QED) is 0.892. The molecule has 2 heterocycles. The van der Waals surface area contributed by atoms with Gasteiger partial charge in [-0.25, -0.2) is 9.97 Å². The van der Waals surface area contributed by atoms with Crippen LogP contribution in [0.25, 0.3) is 0 Å². The van der Waals surface area contributed by atoms with E-state index < -0.39 is 6.10 Å². The topological polar surface area (TPSA) is 92.3 Å². The van der Waals surface area contributed by atoms with Gasteiger partial charge in [0.15, 0.2) is 11.5 Å². The van der Waals surface area contributed by atoms with Crippen LogP contribution in [0, 0.1) is 0 Å². The summed E-state index contributed by atoms with van der Waals surface area (Å²) in [5, 5.41) is 10.6. The van der Waals surface area contributed by atoms with Crippen LogP contribution in [0.5, 0.6) is 0 Å². The number of amides is 1. The number of aromatic nitrogens is 2. The van der Waals surface area contributed by atoms with Crippen molar-refractivity contribution in [1.29, 1.82) is 0 Å². The van der Waals surface area contributed by atoms with Crippen molar-refractivity contribution in [3.63, 3.8) is 0 Å². The van der Waals surface area contributed by atoms with Crippen LogP contribution in [0.3, 0.4) is 0 Å². The zero-order chi connectivity index (χ0) is 17.6. The standard InChI is InChI=1S/C19H24N4O2/c20-18-17(21-10-11-22-18)19(25)23-12-6-2-5-9-15(23)13-16(24)14-7-3-1-4-8-14/h1,3-4,7-8,10-11,15-16,24H,2,5-6,9,12-13H2,(H2,20,22)/t15-,16-/m0/s1. The van der Waals surface area contributed by atoms with E-state index in [9.17, 15) is 9.90 Å². The van der Waals surface area contributed by atoms with Crippen molar-refractivity contribution in [2.24, 2.45) is 0 Å². The zero-order valence-electron chi connectivity index (χ0n) is 14.2. The number of aliphatic hydroxyl groups is 1. The zero-order valence-corrected chi connectivity index (χ0v) is 14.2. The molecule has 2 aromatic rings. The molecular formula is C19H24N4O2. The highest BCUT2D eigenvalue weighted by Gasteiger charge is 2.30. The summed E-state index contributed by atoms with van der Waals surface area (Å²) in [6, 6.07) is 9.53. The third-order valence-corrected chi connectivity index (χ3v) is 4.75. The number of likely N-dealkylation sites (tertiary alicyclic amines) is 1. The van der Waals surface area contributed by atoms with Gasteiger partial charge in [0.05, 0.1) is 6.10 Å². The molecule has 3 rings (SSSR count). The Morgan fingerprint density at radius 3 is 2.72 bits per heavy atom. The van der Waals surface area contributed by atoms with Gasteiger partial charge in [-0.3, -0.25) is 4.79 Å². The number of anilines is 1. The molecule has 0 radical (unpaired) electrons. The van der Waals surface area contributed by atoms with Gasteiger partial charge in [-0.15, -0.1) is 0 Å². The molecular weight excluding hydrogens is 316 g/mol. The molecule has 0 aliphatic carbocycles. The van der Waals surface area contributed by atoms with Crippen molar-refractivity contribution in [3.8, 4) is 0 Å². The van der Waals surface area contributed by atoms with Crippen molar-refractivity contribution >= 4 is 11.7 Å². The minimum Gasteiger partial charge on any atom is -0.388 e. The Kier molecular flexibility index (Phi) is 5.60. The van der Waals surface area contributed by atoms with Gasteiger partial charge in [0.25, 0.3) is 5.91 Å². The Balaban J connectivity index is 1.80. The maximum atomic E-state index is 13.0. The molecule has 132 valence electrons. The van der Waals surface area contributed by atoms with Crippen molar-refractivity contribution in [1.82, 2.24) is 14.9 Å². The first-order valence-electron chi connectivity index (χ1n) is 8.77. The maximum Gasteiger partial charge on any atom is 0.276 e. The van der Waals surface area contributed by atoms with Crippen LogP contribution in [-0.2, 0) is 0 Å². The highest BCUT2D eigenvalue weighted by Crippen LogP contribution is 2.27. The van der Waals surface area contributed by atoms with Crippen molar-refractivity contribution in [3.05, 3.63) is 54.0 Å². The van der Waals surface area contributed by atoms with Crippen LogP contribution in [0.1, 0.15) is 54.3 Å². The van der Waals surface area contributed by atoms with Crippen molar-refractivity contribution in [2.45, 2.75) is 44.2 Å². The molecule has 1 aromatic heterocycles. The lowest BCUT2D eigenvalue weighted by Crippen LogP contribution is -2.41. The average molecular weight is 340 g/mol. The van der Waals surface area contributed by atoms with E-state index in [1.54, 1.807) is 0 Å². The molecule has 1 aromatic carbocycles. The lowest BCUT2D eigenvalue weighted by atomic mass is 9.98. The summed E-state index contributed by atoms with van der Waals surface area (Å²) >= 11 is 0. The second-order valence-electron chi connectivity index (χ2n) is 6.45. The smallest absolute Gasteiger partial charge is 0.276 e. The maximum absolute atomic E-state index is 13.0. The number of nitrogen functional groups attached to an aromatic ring is 1. The van der Waals surface area contributed by atoms with Gasteiger partial charge in [-0.1, -0.05) is 43.2 Å². The molecule has 1 saturated heterocycles. The molecule has 0 bridgehead atoms. The number of nitrogens with two attached hydrogens (primary N) is 1. The summed E-state index contributed by atoms with van der Waals surface area (Å²) in [6.45, 7) is 0.654. The van der Waals surface area contributed by atoms with Gasteiger partial charge in [-0.05, 0) is 24.8 Å². The Bertz CT molecular complexity index is 708. The van der Waals surface area contributed by atoms with Crippen molar-refractivity contribution in [2.75, 3.05) is 12.3 Å². The first-order chi connectivity index (χ1) is 12.2. The third kappa shape index (κ3) is 4.14. The predicted molar refractivity (Wildman–Crippen MR) is 95.8 cm³/mol. The first kappa shape index (κ1) is 17.4. The van der Waals surface area contributed by atoms with E-state index in [0.29, 0.717) is 13.0 Å². The number of hydrogen-bond donors (Lipinski definition) is 2. The molecule has 3 N–H and O–H groups in total. The van der Waals surface area contributed by atoms with E-state index in [2.05, 4.69) is 9.97 Å². The second-order valence-corrected chi connectivity index (χ2v) is 6.45. The lowest BCUT2D eigenvalue weighted by molar-refractivity contribution is 0.0583. The van der Waals surface area contributed by atoms with E-state index in [1.807, 2.05) is 35.2 Å². The summed E-state index contributed by atoms with van der Waals surface area (Å²) in [5.41, 5.74) is 6.91. The summed E-state index contributed by atoms with van der Waals surface area (Å²) in [7, 11) is 0. The van der Waals surface area contributed by atoms with E-state index >= 15 is 0 Å². The summed E-state index contributed by atoms with van der Waals surface area (Å²) in [5.74, 6) is -0.0446. The average Bonchev–Trinajstić information content (AvgIpc) is 2.88. The van der Waals surface area contributed by atoms with Gasteiger partial charge in [0.2, 0.25) is 0 Å². The molecule has 2 atom stereocenters. The normalized spacial score (nSPS) is 19.2. The summed E-state index contributed by atoms with van der Waals surface area (Å²) in [6.07, 6.45) is 6.82. The van der Waals surface area contributed by atoms with Gasteiger partial charge in [0, 0.05) is 25.0 Å². The monoisotopic (exact) mass is 340 g/mol. The van der Waals surface area contributed by atoms with Gasteiger partial charge >= 0.3 is 0 Å². The fourth-order valence-corrected chi connectivity index (χ4v) is 3.41. The molecule has 0 saturated carbocycles. The number of rotatable bonds is 4. The Morgan fingerprint density at radius 2 is 1.96 bits per heavy atom. The third-order valence-electron chi connectivity index (χ3n) is 4.75. The van der Waals surface area contributed by atoms with Crippen LogP contribution in [-0.4, -0.2) is 38.5 Å². The van der Waals surface area contributed by atoms with Crippen LogP contribution >= 0.6 is 0 Å². The van der Waals surface area contributed by atoms with Gasteiger partial charge in [-0.2, -0.15) is 0 Å². The highest BCUT2D eigenvalue weighted by atomic mass is 16.3. The number of carbonyl (C=O) groups is 1. The lowest BCUT2D eigenvalue weighted by Gasteiger charge is -2.31. The van der Waals surface area contributed by atoms with Crippen LogP contribution in [0.2, 0.25) is 0 Å². The number of aliphatic hydroxyl groups excluding tert-OH is 1. The molecule has 1 aliphatic rings. The Labute approximate surface area is 147 Å². The van der Waals surface area contributed by atoms with E-state index in [-0.39, 0.29) is 23.5 Å². The van der Waals surface area contributed by atoms with E-state index in [1.165, 1.54) is 12.4 Å².